The fourth-order valence-corrected chi connectivity index (χ4v) is 7.01. The van der Waals surface area contributed by atoms with Crippen LogP contribution < -0.4 is 0 Å². The smallest absolute Gasteiger partial charge is 0.306 e. The molecule has 4 nitrogen and oxygen atoms in total. The standard InChI is InChI=1S/C48H92O4/c1-3-5-7-9-11-13-15-17-19-21-23-24-25-26-27-29-31-33-35-37-39-41-43-48(50)52-47(45-49)46-51-44-42-40-38-36-34-32-30-28-22-20-18-16-14-12-10-8-6-4-2/h12,14,18,20,47,49H,3-11,13,15-17,19,21-46H2,1-2H3/b14-12-,20-18-. The summed E-state index contributed by atoms with van der Waals surface area (Å²) in [5.41, 5.74) is 0. The summed E-state index contributed by atoms with van der Waals surface area (Å²) in [6, 6.07) is 0. The number of esters is 1. The first-order valence-electron chi connectivity index (χ1n) is 23.4. The molecule has 0 bridgehead atoms. The number of ether oxygens (including phenoxy) is 2. The number of aliphatic hydroxyl groups excluding tert-OH is 1. The quantitative estimate of drug-likeness (QED) is 0.0385. The van der Waals surface area contributed by atoms with Crippen molar-refractivity contribution in [3.05, 3.63) is 24.3 Å². The van der Waals surface area contributed by atoms with Gasteiger partial charge in [-0.3, -0.25) is 4.79 Å². The van der Waals surface area contributed by atoms with Crippen molar-refractivity contribution in [2.45, 2.75) is 258 Å². The molecule has 0 amide bonds. The molecule has 1 atom stereocenters. The number of carbonyl (C=O) groups is 1. The lowest BCUT2D eigenvalue weighted by atomic mass is 10.0. The number of aliphatic hydroxyl groups is 1. The fraction of sp³-hybridized carbons (Fsp3) is 0.896. The summed E-state index contributed by atoms with van der Waals surface area (Å²) in [6.07, 6.45) is 56.8. The van der Waals surface area contributed by atoms with Gasteiger partial charge in [0.15, 0.2) is 0 Å². The van der Waals surface area contributed by atoms with E-state index in [1.165, 1.54) is 205 Å². The highest BCUT2D eigenvalue weighted by atomic mass is 16.6. The Morgan fingerprint density at radius 3 is 1.23 bits per heavy atom. The molecular formula is C48H92O4. The summed E-state index contributed by atoms with van der Waals surface area (Å²) in [5, 5.41) is 9.62. The summed E-state index contributed by atoms with van der Waals surface area (Å²) in [6.45, 7) is 5.35. The third kappa shape index (κ3) is 43.3. The monoisotopic (exact) mass is 733 g/mol. The van der Waals surface area contributed by atoms with E-state index in [1.807, 2.05) is 0 Å². The SMILES string of the molecule is CCCCC/C=C\C/C=C\CCCCCCCCCCOCC(CO)OC(=O)CCCCCCCCCCCCCCCCCCCCCCCC. The van der Waals surface area contributed by atoms with Gasteiger partial charge in [-0.05, 0) is 44.9 Å². The summed E-state index contributed by atoms with van der Waals surface area (Å²) >= 11 is 0. The van der Waals surface area contributed by atoms with Crippen LogP contribution in [0, 0.1) is 0 Å². The highest BCUT2D eigenvalue weighted by Gasteiger charge is 2.13. The van der Waals surface area contributed by atoms with Gasteiger partial charge in [-0.15, -0.1) is 0 Å². The average Bonchev–Trinajstić information content (AvgIpc) is 3.15. The second-order valence-electron chi connectivity index (χ2n) is 15.8. The first kappa shape index (κ1) is 50.9. The minimum Gasteiger partial charge on any atom is -0.457 e. The maximum atomic E-state index is 12.2. The molecule has 308 valence electrons. The van der Waals surface area contributed by atoms with Gasteiger partial charge in [-0.2, -0.15) is 0 Å². The molecule has 1 N–H and O–H groups in total. The number of rotatable bonds is 44. The zero-order valence-corrected chi connectivity index (χ0v) is 35.3. The topological polar surface area (TPSA) is 55.8 Å². The predicted molar refractivity (Wildman–Crippen MR) is 228 cm³/mol. The average molecular weight is 733 g/mol. The van der Waals surface area contributed by atoms with Crippen LogP contribution in [0.15, 0.2) is 24.3 Å². The molecule has 0 aliphatic heterocycles. The van der Waals surface area contributed by atoms with Crippen LogP contribution in [0.2, 0.25) is 0 Å². The molecule has 0 fully saturated rings. The number of hydrogen-bond donors (Lipinski definition) is 1. The Kier molecular flexibility index (Phi) is 45.0. The summed E-state index contributed by atoms with van der Waals surface area (Å²) in [5.74, 6) is -0.197. The third-order valence-electron chi connectivity index (χ3n) is 10.5. The van der Waals surface area contributed by atoms with Crippen molar-refractivity contribution in [1.82, 2.24) is 0 Å². The Balaban J connectivity index is 3.38. The van der Waals surface area contributed by atoms with Crippen molar-refractivity contribution >= 4 is 5.97 Å². The first-order chi connectivity index (χ1) is 25.7. The van der Waals surface area contributed by atoms with E-state index in [0.717, 1.165) is 25.7 Å². The highest BCUT2D eigenvalue weighted by Crippen LogP contribution is 2.16. The molecule has 0 aliphatic rings. The zero-order chi connectivity index (χ0) is 37.7. The minimum atomic E-state index is -0.533. The Morgan fingerprint density at radius 2 is 0.808 bits per heavy atom. The van der Waals surface area contributed by atoms with Gasteiger partial charge in [0.25, 0.3) is 0 Å². The van der Waals surface area contributed by atoms with E-state index in [-0.39, 0.29) is 12.6 Å². The lowest BCUT2D eigenvalue weighted by Gasteiger charge is -2.16. The first-order valence-corrected chi connectivity index (χ1v) is 23.4. The molecular weight excluding hydrogens is 641 g/mol. The van der Waals surface area contributed by atoms with Crippen LogP contribution in [-0.2, 0) is 14.3 Å². The Morgan fingerprint density at radius 1 is 0.462 bits per heavy atom. The van der Waals surface area contributed by atoms with Crippen molar-refractivity contribution in [2.75, 3.05) is 19.8 Å². The van der Waals surface area contributed by atoms with Gasteiger partial charge in [0.2, 0.25) is 0 Å². The van der Waals surface area contributed by atoms with Crippen LogP contribution in [0.5, 0.6) is 0 Å². The van der Waals surface area contributed by atoms with E-state index in [2.05, 4.69) is 38.2 Å². The number of allylic oxidation sites excluding steroid dienone is 4. The Labute approximate surface area is 326 Å². The van der Waals surface area contributed by atoms with E-state index in [4.69, 9.17) is 9.47 Å². The fourth-order valence-electron chi connectivity index (χ4n) is 7.01. The second-order valence-corrected chi connectivity index (χ2v) is 15.8. The van der Waals surface area contributed by atoms with Crippen molar-refractivity contribution < 1.29 is 19.4 Å². The molecule has 0 aromatic carbocycles. The van der Waals surface area contributed by atoms with Crippen molar-refractivity contribution in [2.24, 2.45) is 0 Å². The maximum absolute atomic E-state index is 12.2. The Hall–Kier alpha value is -1.13. The summed E-state index contributed by atoms with van der Waals surface area (Å²) in [7, 11) is 0. The van der Waals surface area contributed by atoms with E-state index in [1.54, 1.807) is 0 Å². The molecule has 0 heterocycles. The zero-order valence-electron chi connectivity index (χ0n) is 35.3. The van der Waals surface area contributed by atoms with Gasteiger partial charge >= 0.3 is 5.97 Å². The van der Waals surface area contributed by atoms with Crippen LogP contribution in [0.4, 0.5) is 0 Å². The van der Waals surface area contributed by atoms with Crippen LogP contribution >= 0.6 is 0 Å². The third-order valence-corrected chi connectivity index (χ3v) is 10.5. The molecule has 0 radical (unpaired) electrons. The van der Waals surface area contributed by atoms with Crippen molar-refractivity contribution in [3.63, 3.8) is 0 Å². The van der Waals surface area contributed by atoms with E-state index >= 15 is 0 Å². The normalized spacial score (nSPS) is 12.4. The molecule has 1 unspecified atom stereocenters. The van der Waals surface area contributed by atoms with Gasteiger partial charge in [0.05, 0.1) is 13.2 Å². The number of carbonyl (C=O) groups excluding carboxylic acids is 1. The van der Waals surface area contributed by atoms with Crippen LogP contribution in [0.1, 0.15) is 251 Å². The lowest BCUT2D eigenvalue weighted by Crippen LogP contribution is -2.27. The Bertz CT molecular complexity index is 732. The van der Waals surface area contributed by atoms with Gasteiger partial charge < -0.3 is 14.6 Å². The predicted octanol–water partition coefficient (Wildman–Crippen LogP) is 15.5. The largest absolute Gasteiger partial charge is 0.457 e. The molecule has 0 saturated carbocycles. The molecule has 0 spiro atoms. The highest BCUT2D eigenvalue weighted by molar-refractivity contribution is 5.69. The van der Waals surface area contributed by atoms with Gasteiger partial charge in [-0.1, -0.05) is 224 Å². The van der Waals surface area contributed by atoms with Crippen LogP contribution in [0.3, 0.4) is 0 Å². The molecule has 0 rings (SSSR count). The van der Waals surface area contributed by atoms with Crippen LogP contribution in [-0.4, -0.2) is 37.0 Å². The molecule has 52 heavy (non-hydrogen) atoms. The maximum Gasteiger partial charge on any atom is 0.306 e. The second kappa shape index (κ2) is 46.0. The number of hydrogen-bond acceptors (Lipinski definition) is 4. The summed E-state index contributed by atoms with van der Waals surface area (Å²) < 4.78 is 11.2. The number of unbranched alkanes of at least 4 members (excludes halogenated alkanes) is 32. The molecule has 0 aromatic heterocycles. The van der Waals surface area contributed by atoms with Crippen LogP contribution in [0.25, 0.3) is 0 Å². The van der Waals surface area contributed by atoms with Gasteiger partial charge in [0, 0.05) is 13.0 Å². The molecule has 0 aromatic rings. The molecule has 4 heteroatoms. The van der Waals surface area contributed by atoms with Crippen molar-refractivity contribution in [3.8, 4) is 0 Å². The summed E-state index contributed by atoms with van der Waals surface area (Å²) in [4.78, 5) is 12.2. The van der Waals surface area contributed by atoms with E-state index in [0.29, 0.717) is 19.6 Å². The minimum absolute atomic E-state index is 0.170. The van der Waals surface area contributed by atoms with E-state index < -0.39 is 6.10 Å². The van der Waals surface area contributed by atoms with E-state index in [9.17, 15) is 9.90 Å². The molecule has 0 aliphatic carbocycles. The van der Waals surface area contributed by atoms with Crippen molar-refractivity contribution in [1.29, 1.82) is 0 Å². The van der Waals surface area contributed by atoms with Gasteiger partial charge in [-0.25, -0.2) is 0 Å². The molecule has 0 saturated heterocycles. The lowest BCUT2D eigenvalue weighted by molar-refractivity contribution is -0.154. The van der Waals surface area contributed by atoms with Gasteiger partial charge in [0.1, 0.15) is 6.10 Å².